The minimum Gasteiger partial charge on any atom is -0.289 e. The Kier molecular flexibility index (Phi) is 2.56. The van der Waals surface area contributed by atoms with Gasteiger partial charge in [-0.15, -0.1) is 0 Å². The molecular weight excluding hydrogens is 222 g/mol. The Morgan fingerprint density at radius 1 is 1.06 bits per heavy atom. The molecule has 1 aliphatic rings. The summed E-state index contributed by atoms with van der Waals surface area (Å²) in [5, 5.41) is 0. The van der Waals surface area contributed by atoms with E-state index in [-0.39, 0.29) is 5.78 Å². The fourth-order valence-electron chi connectivity index (χ4n) is 2.25. The molecule has 2 aromatic rings. The van der Waals surface area contributed by atoms with Crippen LogP contribution in [0.4, 0.5) is 5.69 Å². The first kappa shape index (κ1) is 10.9. The Morgan fingerprint density at radius 3 is 2.61 bits per heavy atom. The lowest BCUT2D eigenvalue weighted by molar-refractivity contribution is 0.103. The van der Waals surface area contributed by atoms with Gasteiger partial charge in [-0.1, -0.05) is 30.3 Å². The van der Waals surface area contributed by atoms with Gasteiger partial charge in [0, 0.05) is 23.3 Å². The van der Waals surface area contributed by atoms with Gasteiger partial charge < -0.3 is 0 Å². The van der Waals surface area contributed by atoms with Crippen LogP contribution in [0.15, 0.2) is 53.5 Å². The number of benzene rings is 2. The second-order valence-electron chi connectivity index (χ2n) is 4.56. The Hall–Kier alpha value is -2.22. The standard InChI is InChI=1S/C16H13NO/c1-11-9-14-10-13(7-8-15(14)17-11)16(18)12-5-3-2-4-6-12/h2-8,10H,9H2,1H3. The highest BCUT2D eigenvalue weighted by Crippen LogP contribution is 2.28. The SMILES string of the molecule is CC1=Nc2ccc(C(=O)c3ccccc3)cc2C1. The topological polar surface area (TPSA) is 29.4 Å². The van der Waals surface area contributed by atoms with Crippen LogP contribution in [0, 0.1) is 0 Å². The molecule has 3 rings (SSSR count). The lowest BCUT2D eigenvalue weighted by Crippen LogP contribution is -2.01. The molecule has 1 heterocycles. The van der Waals surface area contributed by atoms with Crippen molar-refractivity contribution < 1.29 is 4.79 Å². The second kappa shape index (κ2) is 4.22. The summed E-state index contributed by atoms with van der Waals surface area (Å²) in [6.45, 7) is 2.01. The van der Waals surface area contributed by atoms with Gasteiger partial charge in [-0.2, -0.15) is 0 Å². The highest BCUT2D eigenvalue weighted by Gasteiger charge is 2.15. The molecule has 2 heteroatoms. The van der Waals surface area contributed by atoms with Crippen LogP contribution >= 0.6 is 0 Å². The molecule has 0 bridgehead atoms. The smallest absolute Gasteiger partial charge is 0.193 e. The summed E-state index contributed by atoms with van der Waals surface area (Å²) in [5.41, 5.74) is 4.72. The molecular formula is C16H13NO. The molecule has 2 aromatic carbocycles. The number of fused-ring (bicyclic) bond motifs is 1. The molecule has 2 nitrogen and oxygen atoms in total. The number of nitrogens with zero attached hydrogens (tertiary/aromatic N) is 1. The van der Waals surface area contributed by atoms with Crippen molar-refractivity contribution in [2.75, 3.05) is 0 Å². The van der Waals surface area contributed by atoms with Crippen molar-refractivity contribution >= 4 is 17.2 Å². The van der Waals surface area contributed by atoms with Crippen molar-refractivity contribution in [3.63, 3.8) is 0 Å². The fraction of sp³-hybridized carbons (Fsp3) is 0.125. The number of hydrogen-bond donors (Lipinski definition) is 0. The van der Waals surface area contributed by atoms with Crippen LogP contribution in [0.25, 0.3) is 0 Å². The molecule has 0 radical (unpaired) electrons. The third-order valence-corrected chi connectivity index (χ3v) is 3.14. The zero-order valence-corrected chi connectivity index (χ0v) is 10.2. The lowest BCUT2D eigenvalue weighted by Gasteiger charge is -2.03. The van der Waals surface area contributed by atoms with E-state index in [0.717, 1.165) is 34.5 Å². The van der Waals surface area contributed by atoms with Gasteiger partial charge in [0.25, 0.3) is 0 Å². The Labute approximate surface area is 106 Å². The minimum atomic E-state index is 0.0722. The number of ketones is 1. The number of carbonyl (C=O) groups excluding carboxylic acids is 1. The van der Waals surface area contributed by atoms with E-state index in [1.165, 1.54) is 0 Å². The maximum atomic E-state index is 12.3. The van der Waals surface area contributed by atoms with Crippen LogP contribution in [-0.4, -0.2) is 11.5 Å². The largest absolute Gasteiger partial charge is 0.289 e. The number of rotatable bonds is 2. The molecule has 88 valence electrons. The number of aliphatic imine (C=N–C) groups is 1. The monoisotopic (exact) mass is 235 g/mol. The molecule has 0 saturated heterocycles. The van der Waals surface area contributed by atoms with E-state index in [1.807, 2.05) is 55.5 Å². The zero-order valence-electron chi connectivity index (χ0n) is 10.2. The van der Waals surface area contributed by atoms with Gasteiger partial charge in [-0.25, -0.2) is 0 Å². The summed E-state index contributed by atoms with van der Waals surface area (Å²) in [4.78, 5) is 16.7. The average molecular weight is 235 g/mol. The summed E-state index contributed by atoms with van der Waals surface area (Å²) in [7, 11) is 0. The summed E-state index contributed by atoms with van der Waals surface area (Å²) in [6, 6.07) is 15.1. The van der Waals surface area contributed by atoms with E-state index >= 15 is 0 Å². The van der Waals surface area contributed by atoms with Crippen LogP contribution in [0.2, 0.25) is 0 Å². The number of hydrogen-bond acceptors (Lipinski definition) is 2. The van der Waals surface area contributed by atoms with E-state index in [4.69, 9.17) is 0 Å². The molecule has 1 aliphatic heterocycles. The van der Waals surface area contributed by atoms with Crippen molar-refractivity contribution in [3.05, 3.63) is 65.2 Å². The van der Waals surface area contributed by atoms with Crippen molar-refractivity contribution in [1.29, 1.82) is 0 Å². The second-order valence-corrected chi connectivity index (χ2v) is 4.56. The lowest BCUT2D eigenvalue weighted by atomic mass is 10.00. The minimum absolute atomic E-state index is 0.0722. The third kappa shape index (κ3) is 1.86. The van der Waals surface area contributed by atoms with Crippen molar-refractivity contribution in [2.45, 2.75) is 13.3 Å². The van der Waals surface area contributed by atoms with Crippen molar-refractivity contribution in [2.24, 2.45) is 4.99 Å². The van der Waals surface area contributed by atoms with E-state index in [1.54, 1.807) is 0 Å². The molecule has 0 amide bonds. The fourth-order valence-corrected chi connectivity index (χ4v) is 2.25. The van der Waals surface area contributed by atoms with Crippen LogP contribution in [0.1, 0.15) is 28.4 Å². The third-order valence-electron chi connectivity index (χ3n) is 3.14. The molecule has 0 N–H and O–H groups in total. The van der Waals surface area contributed by atoms with Gasteiger partial charge >= 0.3 is 0 Å². The predicted molar refractivity (Wildman–Crippen MR) is 72.8 cm³/mol. The quantitative estimate of drug-likeness (QED) is 0.732. The van der Waals surface area contributed by atoms with E-state index in [2.05, 4.69) is 4.99 Å². The molecule has 0 aliphatic carbocycles. The van der Waals surface area contributed by atoms with Crippen LogP contribution in [-0.2, 0) is 6.42 Å². The molecule has 0 fully saturated rings. The first-order valence-corrected chi connectivity index (χ1v) is 6.01. The van der Waals surface area contributed by atoms with Gasteiger partial charge in [-0.05, 0) is 30.7 Å². The zero-order chi connectivity index (χ0) is 12.5. The summed E-state index contributed by atoms with van der Waals surface area (Å²) >= 11 is 0. The molecule has 0 aromatic heterocycles. The molecule has 0 atom stereocenters. The number of carbonyl (C=O) groups is 1. The first-order chi connectivity index (χ1) is 8.74. The normalized spacial score (nSPS) is 13.1. The molecule has 0 unspecified atom stereocenters. The predicted octanol–water partition coefficient (Wildman–Crippen LogP) is 3.57. The Morgan fingerprint density at radius 2 is 1.83 bits per heavy atom. The highest BCUT2D eigenvalue weighted by molar-refractivity contribution is 6.09. The summed E-state index contributed by atoms with van der Waals surface area (Å²) in [5.74, 6) is 0.0722. The van der Waals surface area contributed by atoms with E-state index in [9.17, 15) is 4.79 Å². The molecule has 18 heavy (non-hydrogen) atoms. The van der Waals surface area contributed by atoms with Crippen LogP contribution in [0.3, 0.4) is 0 Å². The first-order valence-electron chi connectivity index (χ1n) is 6.01. The van der Waals surface area contributed by atoms with Gasteiger partial charge in [0.2, 0.25) is 0 Å². The van der Waals surface area contributed by atoms with Gasteiger partial charge in [0.05, 0.1) is 5.69 Å². The Bertz CT molecular complexity index is 641. The molecule has 0 saturated carbocycles. The van der Waals surface area contributed by atoms with Crippen molar-refractivity contribution in [3.8, 4) is 0 Å². The van der Waals surface area contributed by atoms with Gasteiger partial charge in [0.1, 0.15) is 0 Å². The van der Waals surface area contributed by atoms with E-state index in [0.29, 0.717) is 0 Å². The van der Waals surface area contributed by atoms with Crippen LogP contribution in [0.5, 0.6) is 0 Å². The maximum absolute atomic E-state index is 12.3. The van der Waals surface area contributed by atoms with Crippen LogP contribution < -0.4 is 0 Å². The molecule has 0 spiro atoms. The maximum Gasteiger partial charge on any atom is 0.193 e. The summed E-state index contributed by atoms with van der Waals surface area (Å²) in [6.07, 6.45) is 0.852. The summed E-state index contributed by atoms with van der Waals surface area (Å²) < 4.78 is 0. The van der Waals surface area contributed by atoms with Gasteiger partial charge in [-0.3, -0.25) is 9.79 Å². The average Bonchev–Trinajstić information content (AvgIpc) is 2.78. The van der Waals surface area contributed by atoms with E-state index < -0.39 is 0 Å². The van der Waals surface area contributed by atoms with Crippen molar-refractivity contribution in [1.82, 2.24) is 0 Å². The highest BCUT2D eigenvalue weighted by atomic mass is 16.1. The van der Waals surface area contributed by atoms with Gasteiger partial charge in [0.15, 0.2) is 5.78 Å². The Balaban J connectivity index is 1.96.